The molecule has 1 unspecified atom stereocenters. The first-order valence-electron chi connectivity index (χ1n) is 8.99. The predicted molar refractivity (Wildman–Crippen MR) is 105 cm³/mol. The summed E-state index contributed by atoms with van der Waals surface area (Å²) in [5.41, 5.74) is 1.92. The molecule has 2 aromatic carbocycles. The van der Waals surface area contributed by atoms with E-state index in [2.05, 4.69) is 5.32 Å². The lowest BCUT2D eigenvalue weighted by Gasteiger charge is -2.17. The van der Waals surface area contributed by atoms with E-state index in [1.165, 1.54) is 0 Å². The molecule has 1 heterocycles. The number of methoxy groups -OCH3 is 1. The average Bonchev–Trinajstić information content (AvgIpc) is 3.06. The maximum absolute atomic E-state index is 12.4. The van der Waals surface area contributed by atoms with Crippen molar-refractivity contribution >= 4 is 23.4 Å². The molecule has 6 heteroatoms. The third kappa shape index (κ3) is 4.80. The standard InChI is InChI=1S/C21H23ClN2O3/c1-27-19-9-5-3-6-15(19)10-11-24-14-17(12-20(24)25)21(26)23-13-16-7-2-4-8-18(16)22/h2-9,17H,10-14H2,1H3,(H,23,26). The molecule has 0 radical (unpaired) electrons. The van der Waals surface area contributed by atoms with Gasteiger partial charge >= 0.3 is 0 Å². The molecule has 5 nitrogen and oxygen atoms in total. The molecule has 3 rings (SSSR count). The van der Waals surface area contributed by atoms with Gasteiger partial charge in [0.1, 0.15) is 5.75 Å². The molecule has 1 aliphatic heterocycles. The Morgan fingerprint density at radius 3 is 2.63 bits per heavy atom. The van der Waals surface area contributed by atoms with Gasteiger partial charge in [-0.25, -0.2) is 0 Å². The van der Waals surface area contributed by atoms with Crippen LogP contribution in [0.5, 0.6) is 5.75 Å². The second kappa shape index (κ2) is 8.91. The maximum atomic E-state index is 12.4. The number of benzene rings is 2. The van der Waals surface area contributed by atoms with Crippen molar-refractivity contribution in [2.75, 3.05) is 20.2 Å². The van der Waals surface area contributed by atoms with Gasteiger partial charge in [-0.3, -0.25) is 9.59 Å². The Morgan fingerprint density at radius 2 is 1.89 bits per heavy atom. The molecule has 27 heavy (non-hydrogen) atoms. The van der Waals surface area contributed by atoms with E-state index < -0.39 is 0 Å². The van der Waals surface area contributed by atoms with Gasteiger partial charge in [0.05, 0.1) is 13.0 Å². The van der Waals surface area contributed by atoms with Crippen LogP contribution in [0.1, 0.15) is 17.5 Å². The Labute approximate surface area is 164 Å². The molecular weight excluding hydrogens is 364 g/mol. The minimum atomic E-state index is -0.322. The first-order chi connectivity index (χ1) is 13.1. The fourth-order valence-electron chi connectivity index (χ4n) is 3.30. The van der Waals surface area contributed by atoms with Crippen LogP contribution < -0.4 is 10.1 Å². The van der Waals surface area contributed by atoms with Gasteiger partial charge in [-0.2, -0.15) is 0 Å². The van der Waals surface area contributed by atoms with Crippen LogP contribution in [0.3, 0.4) is 0 Å². The van der Waals surface area contributed by atoms with Gasteiger partial charge in [-0.15, -0.1) is 0 Å². The number of nitrogens with one attached hydrogen (secondary N) is 1. The molecule has 0 aliphatic carbocycles. The third-order valence-electron chi connectivity index (χ3n) is 4.84. The van der Waals surface area contributed by atoms with Crippen molar-refractivity contribution in [1.82, 2.24) is 10.2 Å². The smallest absolute Gasteiger partial charge is 0.225 e. The normalized spacial score (nSPS) is 16.4. The molecule has 1 N–H and O–H groups in total. The Hall–Kier alpha value is -2.53. The summed E-state index contributed by atoms with van der Waals surface area (Å²) >= 11 is 6.11. The van der Waals surface area contributed by atoms with Gasteiger partial charge in [0, 0.05) is 31.1 Å². The Kier molecular flexibility index (Phi) is 6.35. The number of likely N-dealkylation sites (tertiary alicyclic amines) is 1. The molecule has 1 aliphatic rings. The summed E-state index contributed by atoms with van der Waals surface area (Å²) < 4.78 is 5.35. The number of hydrogen-bond donors (Lipinski definition) is 1. The van der Waals surface area contributed by atoms with Gasteiger partial charge < -0.3 is 15.0 Å². The topological polar surface area (TPSA) is 58.6 Å². The highest BCUT2D eigenvalue weighted by molar-refractivity contribution is 6.31. The summed E-state index contributed by atoms with van der Waals surface area (Å²) in [6.07, 6.45) is 0.948. The van der Waals surface area contributed by atoms with E-state index in [0.717, 1.165) is 16.9 Å². The summed E-state index contributed by atoms with van der Waals surface area (Å²) in [7, 11) is 1.64. The SMILES string of the molecule is COc1ccccc1CCN1CC(C(=O)NCc2ccccc2Cl)CC1=O. The number of carbonyl (C=O) groups excluding carboxylic acids is 2. The zero-order valence-electron chi connectivity index (χ0n) is 15.3. The van der Waals surface area contributed by atoms with Crippen LogP contribution in [0.15, 0.2) is 48.5 Å². The van der Waals surface area contributed by atoms with E-state index in [4.69, 9.17) is 16.3 Å². The zero-order valence-corrected chi connectivity index (χ0v) is 16.0. The molecule has 2 aromatic rings. The number of halogens is 1. The number of rotatable bonds is 7. The molecule has 1 atom stereocenters. The van der Waals surface area contributed by atoms with Crippen molar-refractivity contribution in [3.05, 3.63) is 64.7 Å². The lowest BCUT2D eigenvalue weighted by atomic mass is 10.1. The van der Waals surface area contributed by atoms with Crippen molar-refractivity contribution < 1.29 is 14.3 Å². The molecule has 1 fully saturated rings. The van der Waals surface area contributed by atoms with Crippen LogP contribution in [-0.2, 0) is 22.6 Å². The number of ether oxygens (including phenoxy) is 1. The minimum Gasteiger partial charge on any atom is -0.496 e. The molecule has 142 valence electrons. The lowest BCUT2D eigenvalue weighted by Crippen LogP contribution is -2.33. The number of nitrogens with zero attached hydrogens (tertiary/aromatic N) is 1. The fraction of sp³-hybridized carbons (Fsp3) is 0.333. The van der Waals surface area contributed by atoms with Gasteiger partial charge in [0.2, 0.25) is 11.8 Å². The zero-order chi connectivity index (χ0) is 19.2. The largest absolute Gasteiger partial charge is 0.496 e. The lowest BCUT2D eigenvalue weighted by molar-refractivity contribution is -0.129. The van der Waals surface area contributed by atoms with E-state index >= 15 is 0 Å². The Morgan fingerprint density at radius 1 is 1.19 bits per heavy atom. The monoisotopic (exact) mass is 386 g/mol. The van der Waals surface area contributed by atoms with Gasteiger partial charge in [-0.1, -0.05) is 48.0 Å². The van der Waals surface area contributed by atoms with E-state index in [-0.39, 0.29) is 24.2 Å². The molecular formula is C21H23ClN2O3. The van der Waals surface area contributed by atoms with Crippen LogP contribution in [0.25, 0.3) is 0 Å². The van der Waals surface area contributed by atoms with E-state index in [9.17, 15) is 9.59 Å². The van der Waals surface area contributed by atoms with Crippen LogP contribution in [0, 0.1) is 5.92 Å². The third-order valence-corrected chi connectivity index (χ3v) is 5.21. The molecule has 2 amide bonds. The van der Waals surface area contributed by atoms with Crippen LogP contribution in [0.4, 0.5) is 0 Å². The molecule has 0 spiro atoms. The number of carbonyl (C=O) groups is 2. The quantitative estimate of drug-likeness (QED) is 0.795. The maximum Gasteiger partial charge on any atom is 0.225 e. The summed E-state index contributed by atoms with van der Waals surface area (Å²) in [6, 6.07) is 15.2. The molecule has 0 saturated carbocycles. The van der Waals surface area contributed by atoms with E-state index in [1.54, 1.807) is 18.1 Å². The summed E-state index contributed by atoms with van der Waals surface area (Å²) in [5.74, 6) is 0.404. The first kappa shape index (κ1) is 19.2. The summed E-state index contributed by atoms with van der Waals surface area (Å²) in [5, 5.41) is 3.52. The van der Waals surface area contributed by atoms with Crippen molar-refractivity contribution in [1.29, 1.82) is 0 Å². The number of hydrogen-bond acceptors (Lipinski definition) is 3. The highest BCUT2D eigenvalue weighted by Gasteiger charge is 2.33. The summed E-state index contributed by atoms with van der Waals surface area (Å²) in [6.45, 7) is 1.39. The summed E-state index contributed by atoms with van der Waals surface area (Å²) in [4.78, 5) is 26.5. The van der Waals surface area contributed by atoms with Crippen molar-refractivity contribution in [3.63, 3.8) is 0 Å². The van der Waals surface area contributed by atoms with Crippen molar-refractivity contribution in [3.8, 4) is 5.75 Å². The average molecular weight is 387 g/mol. The van der Waals surface area contributed by atoms with E-state index in [1.807, 2.05) is 42.5 Å². The van der Waals surface area contributed by atoms with Crippen molar-refractivity contribution in [2.24, 2.45) is 5.92 Å². The first-order valence-corrected chi connectivity index (χ1v) is 9.37. The molecule has 0 bridgehead atoms. The van der Waals surface area contributed by atoms with Crippen molar-refractivity contribution in [2.45, 2.75) is 19.4 Å². The number of amides is 2. The number of para-hydroxylation sites is 1. The van der Waals surface area contributed by atoms with Crippen LogP contribution in [-0.4, -0.2) is 36.9 Å². The van der Waals surface area contributed by atoms with Crippen LogP contribution in [0.2, 0.25) is 5.02 Å². The Bertz CT molecular complexity index is 825. The fourth-order valence-corrected chi connectivity index (χ4v) is 3.50. The molecule has 1 saturated heterocycles. The minimum absolute atomic E-state index is 0.0165. The molecule has 0 aromatic heterocycles. The highest BCUT2D eigenvalue weighted by atomic mass is 35.5. The van der Waals surface area contributed by atoms with Crippen LogP contribution >= 0.6 is 11.6 Å². The van der Waals surface area contributed by atoms with Gasteiger partial charge in [-0.05, 0) is 29.7 Å². The van der Waals surface area contributed by atoms with Gasteiger partial charge in [0.15, 0.2) is 0 Å². The van der Waals surface area contributed by atoms with E-state index in [0.29, 0.717) is 31.1 Å². The van der Waals surface area contributed by atoms with Gasteiger partial charge in [0.25, 0.3) is 0 Å². The second-order valence-corrected chi connectivity index (χ2v) is 7.02. The predicted octanol–water partition coefficient (Wildman–Crippen LogP) is 3.06. The Balaban J connectivity index is 1.52. The highest BCUT2D eigenvalue weighted by Crippen LogP contribution is 2.22. The second-order valence-electron chi connectivity index (χ2n) is 6.61.